The van der Waals surface area contributed by atoms with Crippen LogP contribution in [-0.4, -0.2) is 43.7 Å². The number of nitrogens with one attached hydrogen (secondary N) is 1. The van der Waals surface area contributed by atoms with E-state index in [1.54, 1.807) is 12.1 Å². The van der Waals surface area contributed by atoms with Gasteiger partial charge in [0, 0.05) is 21.7 Å². The number of hydrogen-bond acceptors (Lipinski definition) is 6. The van der Waals surface area contributed by atoms with Gasteiger partial charge in [-0.15, -0.1) is 11.8 Å². The molecule has 0 fully saturated rings. The molecule has 0 spiro atoms. The van der Waals surface area contributed by atoms with Crippen LogP contribution in [0.15, 0.2) is 66.1 Å². The highest BCUT2D eigenvalue weighted by molar-refractivity contribution is 7.99. The van der Waals surface area contributed by atoms with Crippen LogP contribution in [0.3, 0.4) is 0 Å². The molecule has 0 saturated carbocycles. The van der Waals surface area contributed by atoms with Gasteiger partial charge in [0.2, 0.25) is 0 Å². The van der Waals surface area contributed by atoms with Crippen LogP contribution in [0, 0.1) is 6.92 Å². The largest absolute Gasteiger partial charge is 0.490 e. The second kappa shape index (κ2) is 12.8. The molecule has 2 aromatic rings. The van der Waals surface area contributed by atoms with Gasteiger partial charge >= 0.3 is 12.1 Å². The molecule has 0 aromatic heterocycles. The third-order valence-electron chi connectivity index (χ3n) is 3.76. The Hall–Kier alpha value is -2.64. The van der Waals surface area contributed by atoms with E-state index in [1.807, 2.05) is 43.3 Å². The highest BCUT2D eigenvalue weighted by atomic mass is 35.5. The second-order valence-electron chi connectivity index (χ2n) is 6.21. The fourth-order valence-corrected chi connectivity index (χ4v) is 3.21. The quantitative estimate of drug-likeness (QED) is 0.233. The molecule has 8 heteroatoms. The van der Waals surface area contributed by atoms with Crippen molar-refractivity contribution >= 4 is 35.4 Å². The minimum absolute atomic E-state index is 0.0318. The maximum atomic E-state index is 12.1. The highest BCUT2D eigenvalue weighted by Crippen LogP contribution is 2.22. The Morgan fingerprint density at radius 3 is 2.53 bits per heavy atom. The zero-order valence-electron chi connectivity index (χ0n) is 16.6. The van der Waals surface area contributed by atoms with E-state index >= 15 is 0 Å². The van der Waals surface area contributed by atoms with Gasteiger partial charge in [0.25, 0.3) is 0 Å². The van der Waals surface area contributed by atoms with E-state index in [9.17, 15) is 9.59 Å². The van der Waals surface area contributed by atoms with Crippen molar-refractivity contribution in [2.75, 3.05) is 25.5 Å². The molecule has 0 bridgehead atoms. The lowest BCUT2D eigenvalue weighted by Gasteiger charge is -2.19. The lowest BCUT2D eigenvalue weighted by atomic mass is 10.2. The zero-order valence-corrected chi connectivity index (χ0v) is 18.2. The minimum atomic E-state index is -0.612. The Labute approximate surface area is 185 Å². The average molecular weight is 450 g/mol. The number of amides is 1. The summed E-state index contributed by atoms with van der Waals surface area (Å²) >= 11 is 7.45. The molecule has 1 N–H and O–H groups in total. The molecule has 1 unspecified atom stereocenters. The van der Waals surface area contributed by atoms with Gasteiger partial charge in [0.1, 0.15) is 25.1 Å². The first-order chi connectivity index (χ1) is 14.5. The molecule has 0 aliphatic rings. The molecule has 30 heavy (non-hydrogen) atoms. The fraction of sp³-hybridized carbons (Fsp3) is 0.273. The van der Waals surface area contributed by atoms with Crippen LogP contribution in [0.25, 0.3) is 0 Å². The van der Waals surface area contributed by atoms with Crippen LogP contribution in [0.5, 0.6) is 5.75 Å². The summed E-state index contributed by atoms with van der Waals surface area (Å²) in [5.74, 6) is 0.642. The Bertz CT molecular complexity index is 777. The third kappa shape index (κ3) is 9.24. The molecular weight excluding hydrogens is 426 g/mol. The van der Waals surface area contributed by atoms with Crippen molar-refractivity contribution in [2.24, 2.45) is 0 Å². The van der Waals surface area contributed by atoms with Gasteiger partial charge in [0.15, 0.2) is 0 Å². The molecular formula is C22H24ClNO5S. The summed E-state index contributed by atoms with van der Waals surface area (Å²) < 4.78 is 16.1. The Morgan fingerprint density at radius 2 is 1.87 bits per heavy atom. The number of carbonyl (C=O) groups excluding carboxylic acids is 2. The topological polar surface area (TPSA) is 73.9 Å². The van der Waals surface area contributed by atoms with Crippen LogP contribution >= 0.6 is 23.4 Å². The number of alkyl carbamates (subject to hydrolysis) is 1. The van der Waals surface area contributed by atoms with Crippen molar-refractivity contribution in [2.45, 2.75) is 17.9 Å². The second-order valence-corrected chi connectivity index (χ2v) is 7.74. The van der Waals surface area contributed by atoms with E-state index in [2.05, 4.69) is 11.9 Å². The minimum Gasteiger partial charge on any atom is -0.490 e. The first-order valence-electron chi connectivity index (χ1n) is 9.28. The summed E-state index contributed by atoms with van der Waals surface area (Å²) in [4.78, 5) is 24.1. The van der Waals surface area contributed by atoms with Gasteiger partial charge in [-0.05, 0) is 43.3 Å². The maximum Gasteiger partial charge on any atom is 0.407 e. The summed E-state index contributed by atoms with van der Waals surface area (Å²) in [6.07, 6.45) is -0.0494. The SMILES string of the molecule is C=CC(=O)OCCNC(=O)OC(COc1ccc(C)cc1)CSc1ccc(Cl)cc1. The summed E-state index contributed by atoms with van der Waals surface area (Å²) in [5.41, 5.74) is 1.13. The number of rotatable bonds is 11. The van der Waals surface area contributed by atoms with Crippen molar-refractivity contribution in [3.8, 4) is 5.75 Å². The number of halogens is 1. The van der Waals surface area contributed by atoms with Crippen LogP contribution < -0.4 is 10.1 Å². The van der Waals surface area contributed by atoms with E-state index in [1.165, 1.54) is 11.8 Å². The Balaban J connectivity index is 1.87. The molecule has 2 rings (SSSR count). The molecule has 0 saturated heterocycles. The number of carbonyl (C=O) groups is 2. The van der Waals surface area contributed by atoms with Crippen molar-refractivity contribution < 1.29 is 23.8 Å². The van der Waals surface area contributed by atoms with Crippen molar-refractivity contribution in [3.63, 3.8) is 0 Å². The molecule has 6 nitrogen and oxygen atoms in total. The number of ether oxygens (including phenoxy) is 3. The smallest absolute Gasteiger partial charge is 0.407 e. The van der Waals surface area contributed by atoms with Crippen molar-refractivity contribution in [3.05, 3.63) is 71.8 Å². The van der Waals surface area contributed by atoms with Gasteiger partial charge in [-0.2, -0.15) is 0 Å². The standard InChI is InChI=1S/C22H24ClNO5S/c1-3-21(25)27-13-12-24-22(26)29-19(14-28-18-8-4-16(2)5-9-18)15-30-20-10-6-17(23)7-11-20/h3-11,19H,1,12-15H2,2H3,(H,24,26). The number of aryl methyl sites for hydroxylation is 1. The lowest BCUT2D eigenvalue weighted by molar-refractivity contribution is -0.137. The van der Waals surface area contributed by atoms with Gasteiger partial charge in [-0.3, -0.25) is 0 Å². The first-order valence-corrected chi connectivity index (χ1v) is 10.6. The van der Waals surface area contributed by atoms with Crippen LogP contribution in [-0.2, 0) is 14.3 Å². The molecule has 0 aliphatic carbocycles. The summed E-state index contributed by atoms with van der Waals surface area (Å²) in [6.45, 7) is 5.66. The van der Waals surface area contributed by atoms with Crippen LogP contribution in [0.1, 0.15) is 5.56 Å². The van der Waals surface area contributed by atoms with E-state index in [0.29, 0.717) is 16.5 Å². The molecule has 0 aliphatic heterocycles. The fourth-order valence-electron chi connectivity index (χ4n) is 2.22. The monoisotopic (exact) mass is 449 g/mol. The van der Waals surface area contributed by atoms with Gasteiger partial charge in [-0.25, -0.2) is 9.59 Å². The summed E-state index contributed by atoms with van der Waals surface area (Å²) in [5, 5.41) is 3.21. The van der Waals surface area contributed by atoms with E-state index in [0.717, 1.165) is 16.5 Å². The van der Waals surface area contributed by atoms with Crippen LogP contribution in [0.4, 0.5) is 4.79 Å². The van der Waals surface area contributed by atoms with Crippen molar-refractivity contribution in [1.82, 2.24) is 5.32 Å². The first kappa shape index (κ1) is 23.6. The predicted molar refractivity (Wildman–Crippen MR) is 118 cm³/mol. The predicted octanol–water partition coefficient (Wildman–Crippen LogP) is 4.64. The summed E-state index contributed by atoms with van der Waals surface area (Å²) in [7, 11) is 0. The lowest BCUT2D eigenvalue weighted by Crippen LogP contribution is -2.35. The maximum absolute atomic E-state index is 12.1. The molecule has 0 radical (unpaired) electrons. The average Bonchev–Trinajstić information content (AvgIpc) is 2.75. The summed E-state index contributed by atoms with van der Waals surface area (Å²) in [6, 6.07) is 15.0. The molecule has 160 valence electrons. The van der Waals surface area contributed by atoms with Gasteiger partial charge in [-0.1, -0.05) is 35.9 Å². The zero-order chi connectivity index (χ0) is 21.8. The van der Waals surface area contributed by atoms with E-state index < -0.39 is 18.2 Å². The molecule has 1 amide bonds. The highest BCUT2D eigenvalue weighted by Gasteiger charge is 2.16. The molecule has 2 aromatic carbocycles. The van der Waals surface area contributed by atoms with E-state index in [-0.39, 0.29) is 19.8 Å². The number of hydrogen-bond donors (Lipinski definition) is 1. The number of esters is 1. The van der Waals surface area contributed by atoms with Crippen LogP contribution in [0.2, 0.25) is 5.02 Å². The normalized spacial score (nSPS) is 11.3. The number of benzene rings is 2. The number of thioether (sulfide) groups is 1. The van der Waals surface area contributed by atoms with Gasteiger partial charge in [0.05, 0.1) is 6.54 Å². The van der Waals surface area contributed by atoms with Crippen molar-refractivity contribution in [1.29, 1.82) is 0 Å². The van der Waals surface area contributed by atoms with E-state index in [4.69, 9.17) is 25.8 Å². The third-order valence-corrected chi connectivity index (χ3v) is 5.16. The Morgan fingerprint density at radius 1 is 1.17 bits per heavy atom. The molecule has 0 heterocycles. The van der Waals surface area contributed by atoms with Gasteiger partial charge < -0.3 is 19.5 Å². The Kier molecular flexibility index (Phi) is 10.1. The molecule has 1 atom stereocenters.